The molecule has 0 unspecified atom stereocenters. The minimum Gasteiger partial charge on any atom is -0.0616 e. The molecule has 0 aliphatic carbocycles. The molecule has 0 atom stereocenters. The van der Waals surface area contributed by atoms with E-state index in [1.165, 1.54) is 37.9 Å². The maximum absolute atomic E-state index is 2.30. The highest BCUT2D eigenvalue weighted by Gasteiger charge is 2.06. The maximum atomic E-state index is 2.30. The number of rotatable bonds is 0. The van der Waals surface area contributed by atoms with Gasteiger partial charge in [0.05, 0.1) is 0 Å². The van der Waals surface area contributed by atoms with Crippen molar-refractivity contribution in [3.8, 4) is 0 Å². The van der Waals surface area contributed by atoms with Gasteiger partial charge in [-0.2, -0.15) is 0 Å². The molecule has 0 aliphatic heterocycles. The Morgan fingerprint density at radius 3 is 2.05 bits per heavy atom. The van der Waals surface area contributed by atoms with Gasteiger partial charge in [-0.25, -0.2) is 0 Å². The molecular weight excluding hydrogens is 228 g/mol. The standard InChI is InChI=1S/C19H14/c1-13-12-15-11-10-14-6-2-3-8-17(14)19(15)18-9-5-4-7-16(13)18/h2-12H,1H3. The molecule has 90 valence electrons. The number of benzene rings is 4. The largest absolute Gasteiger partial charge is 0.0616 e. The molecule has 0 heteroatoms. The molecule has 0 aliphatic rings. The molecule has 0 amide bonds. The molecule has 4 aromatic carbocycles. The van der Waals surface area contributed by atoms with Crippen molar-refractivity contribution >= 4 is 32.3 Å². The van der Waals surface area contributed by atoms with Crippen LogP contribution in [0.4, 0.5) is 0 Å². The summed E-state index contributed by atoms with van der Waals surface area (Å²) in [5, 5.41) is 8.06. The Labute approximate surface area is 112 Å². The van der Waals surface area contributed by atoms with Gasteiger partial charge in [0.15, 0.2) is 0 Å². The van der Waals surface area contributed by atoms with Gasteiger partial charge in [0.2, 0.25) is 0 Å². The fourth-order valence-electron chi connectivity index (χ4n) is 3.07. The Bertz CT molecular complexity index is 917. The fourth-order valence-corrected chi connectivity index (χ4v) is 3.07. The normalized spacial score (nSPS) is 11.4. The third kappa shape index (κ3) is 1.47. The van der Waals surface area contributed by atoms with Gasteiger partial charge >= 0.3 is 0 Å². The number of fused-ring (bicyclic) bond motifs is 5. The van der Waals surface area contributed by atoms with Gasteiger partial charge < -0.3 is 0 Å². The Morgan fingerprint density at radius 1 is 0.579 bits per heavy atom. The average molecular weight is 242 g/mol. The van der Waals surface area contributed by atoms with Crippen molar-refractivity contribution in [2.45, 2.75) is 6.92 Å². The first-order chi connectivity index (χ1) is 9.34. The molecule has 19 heavy (non-hydrogen) atoms. The molecular formula is C19H14. The SMILES string of the molecule is Cc1cc2ccc3ccccc3c2c2ccccc12. The summed E-state index contributed by atoms with van der Waals surface area (Å²) in [7, 11) is 0. The zero-order valence-electron chi connectivity index (χ0n) is 10.9. The predicted octanol–water partition coefficient (Wildman–Crippen LogP) is 5.45. The third-order valence-electron chi connectivity index (χ3n) is 3.95. The van der Waals surface area contributed by atoms with Crippen molar-refractivity contribution in [1.82, 2.24) is 0 Å². The Morgan fingerprint density at radius 2 is 1.21 bits per heavy atom. The van der Waals surface area contributed by atoms with E-state index < -0.39 is 0 Å². The molecule has 0 aromatic heterocycles. The Kier molecular flexibility index (Phi) is 2.13. The monoisotopic (exact) mass is 242 g/mol. The van der Waals surface area contributed by atoms with Crippen molar-refractivity contribution < 1.29 is 0 Å². The molecule has 4 aromatic rings. The van der Waals surface area contributed by atoms with E-state index in [1.807, 2.05) is 0 Å². The lowest BCUT2D eigenvalue weighted by Gasteiger charge is -2.10. The summed E-state index contributed by atoms with van der Waals surface area (Å²) >= 11 is 0. The second kappa shape index (κ2) is 3.83. The first-order valence-corrected chi connectivity index (χ1v) is 6.64. The van der Waals surface area contributed by atoms with Gasteiger partial charge in [-0.3, -0.25) is 0 Å². The quantitative estimate of drug-likeness (QED) is 0.359. The summed E-state index contributed by atoms with van der Waals surface area (Å²) in [6.45, 7) is 2.19. The van der Waals surface area contributed by atoms with Crippen LogP contribution in [0.3, 0.4) is 0 Å². The van der Waals surface area contributed by atoms with E-state index in [0.29, 0.717) is 0 Å². The van der Waals surface area contributed by atoms with E-state index in [9.17, 15) is 0 Å². The Hall–Kier alpha value is -2.34. The molecule has 0 radical (unpaired) electrons. The topological polar surface area (TPSA) is 0 Å². The Balaban J connectivity index is 2.39. The number of hydrogen-bond donors (Lipinski definition) is 0. The predicted molar refractivity (Wildman–Crippen MR) is 83.7 cm³/mol. The smallest absolute Gasteiger partial charge is 0.00266 e. The van der Waals surface area contributed by atoms with E-state index >= 15 is 0 Å². The van der Waals surface area contributed by atoms with Crippen molar-refractivity contribution in [1.29, 1.82) is 0 Å². The van der Waals surface area contributed by atoms with Crippen molar-refractivity contribution in [3.05, 3.63) is 72.3 Å². The van der Waals surface area contributed by atoms with Gasteiger partial charge in [-0.15, -0.1) is 0 Å². The fraction of sp³-hybridized carbons (Fsp3) is 0.0526. The number of aryl methyl sites for hydroxylation is 1. The van der Waals surface area contributed by atoms with Gasteiger partial charge in [-0.1, -0.05) is 66.7 Å². The summed E-state index contributed by atoms with van der Waals surface area (Å²) in [4.78, 5) is 0. The van der Waals surface area contributed by atoms with Crippen LogP contribution >= 0.6 is 0 Å². The summed E-state index contributed by atoms with van der Waals surface area (Å²) in [5.41, 5.74) is 1.35. The lowest BCUT2D eigenvalue weighted by Crippen LogP contribution is -1.84. The van der Waals surface area contributed by atoms with Crippen LogP contribution in [0.2, 0.25) is 0 Å². The van der Waals surface area contributed by atoms with E-state index in [0.717, 1.165) is 0 Å². The highest BCUT2D eigenvalue weighted by atomic mass is 14.1. The summed E-state index contributed by atoms with van der Waals surface area (Å²) in [6.07, 6.45) is 0. The summed E-state index contributed by atoms with van der Waals surface area (Å²) in [5.74, 6) is 0. The van der Waals surface area contributed by atoms with Crippen molar-refractivity contribution in [3.63, 3.8) is 0 Å². The molecule has 0 fully saturated rings. The lowest BCUT2D eigenvalue weighted by atomic mass is 9.94. The minimum absolute atomic E-state index is 1.31. The van der Waals surface area contributed by atoms with Crippen LogP contribution in [0.1, 0.15) is 5.56 Å². The first kappa shape index (κ1) is 10.6. The van der Waals surface area contributed by atoms with Crippen LogP contribution in [-0.2, 0) is 0 Å². The van der Waals surface area contributed by atoms with Gasteiger partial charge in [0.1, 0.15) is 0 Å². The maximum Gasteiger partial charge on any atom is -0.00266 e. The van der Waals surface area contributed by atoms with Gasteiger partial charge in [-0.05, 0) is 44.8 Å². The molecule has 0 spiro atoms. The van der Waals surface area contributed by atoms with Crippen LogP contribution in [0, 0.1) is 6.92 Å². The van der Waals surface area contributed by atoms with Crippen LogP contribution in [0.5, 0.6) is 0 Å². The average Bonchev–Trinajstić information content (AvgIpc) is 2.47. The van der Waals surface area contributed by atoms with Crippen molar-refractivity contribution in [2.75, 3.05) is 0 Å². The van der Waals surface area contributed by atoms with Gasteiger partial charge in [0, 0.05) is 0 Å². The van der Waals surface area contributed by atoms with Crippen molar-refractivity contribution in [2.24, 2.45) is 0 Å². The first-order valence-electron chi connectivity index (χ1n) is 6.64. The van der Waals surface area contributed by atoms with E-state index in [1.54, 1.807) is 0 Å². The summed E-state index contributed by atoms with van der Waals surface area (Å²) in [6, 6.07) is 24.1. The third-order valence-corrected chi connectivity index (χ3v) is 3.95. The van der Waals surface area contributed by atoms with Gasteiger partial charge in [0.25, 0.3) is 0 Å². The van der Waals surface area contributed by atoms with Crippen LogP contribution in [0.25, 0.3) is 32.3 Å². The minimum atomic E-state index is 1.31. The molecule has 0 bridgehead atoms. The van der Waals surface area contributed by atoms with Crippen LogP contribution in [0.15, 0.2) is 66.7 Å². The zero-order valence-corrected chi connectivity index (χ0v) is 10.9. The van der Waals surface area contributed by atoms with E-state index in [4.69, 9.17) is 0 Å². The second-order valence-electron chi connectivity index (χ2n) is 5.12. The van der Waals surface area contributed by atoms with Crippen LogP contribution < -0.4 is 0 Å². The highest BCUT2D eigenvalue weighted by molar-refractivity contribution is 6.20. The zero-order chi connectivity index (χ0) is 12.8. The number of hydrogen-bond acceptors (Lipinski definition) is 0. The second-order valence-corrected chi connectivity index (χ2v) is 5.12. The molecule has 0 saturated carbocycles. The van der Waals surface area contributed by atoms with Crippen LogP contribution in [-0.4, -0.2) is 0 Å². The molecule has 0 saturated heterocycles. The molecule has 0 N–H and O–H groups in total. The lowest BCUT2D eigenvalue weighted by molar-refractivity contribution is 1.56. The summed E-state index contributed by atoms with van der Waals surface area (Å²) < 4.78 is 0. The van der Waals surface area contributed by atoms with E-state index in [-0.39, 0.29) is 0 Å². The molecule has 0 nitrogen and oxygen atoms in total. The molecule has 0 heterocycles. The van der Waals surface area contributed by atoms with E-state index in [2.05, 4.69) is 73.7 Å². The molecule has 4 rings (SSSR count). The highest BCUT2D eigenvalue weighted by Crippen LogP contribution is 2.33.